The lowest BCUT2D eigenvalue weighted by molar-refractivity contribution is -0.137. The zero-order valence-electron chi connectivity index (χ0n) is 12.6. The summed E-state index contributed by atoms with van der Waals surface area (Å²) in [6.45, 7) is -0.762. The molecule has 0 spiro atoms. The first-order chi connectivity index (χ1) is 11.8. The minimum atomic E-state index is -4.63. The van der Waals surface area contributed by atoms with E-state index in [9.17, 15) is 22.8 Å². The molecule has 0 unspecified atom stereocenters. The Balaban J connectivity index is 2.00. The molecule has 1 N–H and O–H groups in total. The molecule has 0 saturated carbocycles. The number of nitrogens with one attached hydrogen (secondary N) is 1. The van der Waals surface area contributed by atoms with Crippen molar-refractivity contribution in [3.05, 3.63) is 65.2 Å². The van der Waals surface area contributed by atoms with Crippen LogP contribution < -0.4 is 5.32 Å². The highest BCUT2D eigenvalue weighted by Gasteiger charge is 2.33. The van der Waals surface area contributed by atoms with Gasteiger partial charge in [0.05, 0.1) is 28.4 Å². The number of nitrogens with zero attached hydrogens (tertiary/aromatic N) is 1. The number of hydrogen-bond acceptors (Lipinski definition) is 4. The zero-order chi connectivity index (χ0) is 18.4. The van der Waals surface area contributed by atoms with Crippen LogP contribution in [0.4, 0.5) is 18.9 Å². The van der Waals surface area contributed by atoms with Gasteiger partial charge in [0, 0.05) is 0 Å². The van der Waals surface area contributed by atoms with Crippen LogP contribution in [0.1, 0.15) is 21.5 Å². The summed E-state index contributed by atoms with van der Waals surface area (Å²) >= 11 is 0. The number of anilines is 1. The number of amides is 1. The molecule has 0 fully saturated rings. The van der Waals surface area contributed by atoms with Gasteiger partial charge in [0.15, 0.2) is 6.61 Å². The van der Waals surface area contributed by atoms with Crippen molar-refractivity contribution in [2.75, 3.05) is 11.9 Å². The molecular formula is C17H11F3N2O3. The number of nitriles is 1. The fourth-order valence-corrected chi connectivity index (χ4v) is 1.96. The van der Waals surface area contributed by atoms with Crippen LogP contribution in [-0.2, 0) is 15.7 Å². The van der Waals surface area contributed by atoms with Gasteiger partial charge in [-0.3, -0.25) is 4.79 Å². The lowest BCUT2D eigenvalue weighted by atomic mass is 10.1. The Kier molecular flexibility index (Phi) is 5.39. The van der Waals surface area contributed by atoms with Crippen LogP contribution in [0.2, 0.25) is 0 Å². The molecule has 0 bridgehead atoms. The quantitative estimate of drug-likeness (QED) is 0.859. The summed E-state index contributed by atoms with van der Waals surface area (Å²) in [4.78, 5) is 23.5. The highest BCUT2D eigenvalue weighted by molar-refractivity contribution is 5.96. The van der Waals surface area contributed by atoms with Gasteiger partial charge in [-0.1, -0.05) is 18.2 Å². The molecule has 0 radical (unpaired) electrons. The van der Waals surface area contributed by atoms with Crippen molar-refractivity contribution in [3.63, 3.8) is 0 Å². The van der Waals surface area contributed by atoms with Crippen LogP contribution in [0, 0.1) is 11.3 Å². The van der Waals surface area contributed by atoms with Gasteiger partial charge in [0.2, 0.25) is 0 Å². The summed E-state index contributed by atoms with van der Waals surface area (Å²) in [5, 5.41) is 10.8. The van der Waals surface area contributed by atoms with E-state index in [1.165, 1.54) is 36.4 Å². The van der Waals surface area contributed by atoms with E-state index in [0.717, 1.165) is 12.1 Å². The molecule has 1 amide bonds. The van der Waals surface area contributed by atoms with Gasteiger partial charge in [-0.25, -0.2) is 4.79 Å². The Bertz CT molecular complexity index is 842. The van der Waals surface area contributed by atoms with Gasteiger partial charge in [-0.05, 0) is 30.3 Å². The summed E-state index contributed by atoms with van der Waals surface area (Å²) in [6.07, 6.45) is -4.63. The number of esters is 1. The molecule has 0 atom stereocenters. The number of para-hydroxylation sites is 1. The third kappa shape index (κ3) is 4.81. The summed E-state index contributed by atoms with van der Waals surface area (Å²) in [5.41, 5.74) is -1.14. The van der Waals surface area contributed by atoms with Crippen molar-refractivity contribution >= 4 is 17.6 Å². The standard InChI is InChI=1S/C17H11F3N2O3/c18-17(19,20)13-6-1-2-7-14(13)22-15(23)10-25-16(24)12-5-3-4-11(8-12)9-21/h1-8H,10H2,(H,22,23). The fourth-order valence-electron chi connectivity index (χ4n) is 1.96. The number of halogens is 3. The monoisotopic (exact) mass is 348 g/mol. The highest BCUT2D eigenvalue weighted by Crippen LogP contribution is 2.34. The number of carbonyl (C=O) groups excluding carboxylic acids is 2. The van der Waals surface area contributed by atoms with E-state index in [0.29, 0.717) is 0 Å². The smallest absolute Gasteiger partial charge is 0.418 e. The second-order valence-electron chi connectivity index (χ2n) is 4.86. The van der Waals surface area contributed by atoms with E-state index in [-0.39, 0.29) is 11.1 Å². The summed E-state index contributed by atoms with van der Waals surface area (Å²) in [6, 6.07) is 11.9. The van der Waals surface area contributed by atoms with E-state index in [1.807, 2.05) is 6.07 Å². The summed E-state index contributed by atoms with van der Waals surface area (Å²) < 4.78 is 43.3. The first kappa shape index (κ1) is 18.0. The SMILES string of the molecule is N#Cc1cccc(C(=O)OCC(=O)Nc2ccccc2C(F)(F)F)c1. The normalized spacial score (nSPS) is 10.6. The van der Waals surface area contributed by atoms with Crippen LogP contribution >= 0.6 is 0 Å². The second kappa shape index (κ2) is 7.49. The Morgan fingerprint density at radius 2 is 1.84 bits per heavy atom. The molecule has 0 aliphatic rings. The molecule has 8 heteroatoms. The highest BCUT2D eigenvalue weighted by atomic mass is 19.4. The molecule has 25 heavy (non-hydrogen) atoms. The zero-order valence-corrected chi connectivity index (χ0v) is 12.6. The fraction of sp³-hybridized carbons (Fsp3) is 0.118. The van der Waals surface area contributed by atoms with Gasteiger partial charge in [0.25, 0.3) is 5.91 Å². The van der Waals surface area contributed by atoms with Gasteiger partial charge < -0.3 is 10.1 Å². The van der Waals surface area contributed by atoms with Crippen molar-refractivity contribution < 1.29 is 27.5 Å². The lowest BCUT2D eigenvalue weighted by Gasteiger charge is -2.13. The van der Waals surface area contributed by atoms with Gasteiger partial charge >= 0.3 is 12.1 Å². The molecule has 2 rings (SSSR count). The maximum Gasteiger partial charge on any atom is 0.418 e. The molecule has 5 nitrogen and oxygen atoms in total. The first-order valence-electron chi connectivity index (χ1n) is 6.94. The average Bonchev–Trinajstić information content (AvgIpc) is 2.59. The van der Waals surface area contributed by atoms with Crippen LogP contribution in [0.25, 0.3) is 0 Å². The largest absolute Gasteiger partial charge is 0.452 e. The van der Waals surface area contributed by atoms with Crippen LogP contribution in [0.15, 0.2) is 48.5 Å². The van der Waals surface area contributed by atoms with E-state index in [4.69, 9.17) is 10.00 Å². The summed E-state index contributed by atoms with van der Waals surface area (Å²) in [5.74, 6) is -1.78. The molecule has 2 aromatic carbocycles. The minimum absolute atomic E-state index is 0.0579. The average molecular weight is 348 g/mol. The lowest BCUT2D eigenvalue weighted by Crippen LogP contribution is -2.22. The number of benzene rings is 2. The molecule has 0 saturated heterocycles. The molecule has 128 valence electrons. The summed E-state index contributed by atoms with van der Waals surface area (Å²) in [7, 11) is 0. The molecular weight excluding hydrogens is 337 g/mol. The predicted octanol–water partition coefficient (Wildman–Crippen LogP) is 3.37. The molecule has 0 aromatic heterocycles. The maximum atomic E-state index is 12.8. The molecule has 2 aromatic rings. The second-order valence-corrected chi connectivity index (χ2v) is 4.86. The molecule has 0 aliphatic heterocycles. The van der Waals surface area contributed by atoms with Crippen molar-refractivity contribution in [1.82, 2.24) is 0 Å². The van der Waals surface area contributed by atoms with Crippen LogP contribution in [-0.4, -0.2) is 18.5 Å². The van der Waals surface area contributed by atoms with Gasteiger partial charge in [-0.15, -0.1) is 0 Å². The number of carbonyl (C=O) groups is 2. The minimum Gasteiger partial charge on any atom is -0.452 e. The van der Waals surface area contributed by atoms with E-state index in [2.05, 4.69) is 5.32 Å². The van der Waals surface area contributed by atoms with Crippen LogP contribution in [0.3, 0.4) is 0 Å². The van der Waals surface area contributed by atoms with Crippen molar-refractivity contribution in [3.8, 4) is 6.07 Å². The van der Waals surface area contributed by atoms with Crippen molar-refractivity contribution in [1.29, 1.82) is 5.26 Å². The van der Waals surface area contributed by atoms with Crippen molar-refractivity contribution in [2.24, 2.45) is 0 Å². The third-order valence-electron chi connectivity index (χ3n) is 3.07. The number of alkyl halides is 3. The number of rotatable bonds is 4. The Morgan fingerprint density at radius 1 is 1.12 bits per heavy atom. The topological polar surface area (TPSA) is 79.2 Å². The third-order valence-corrected chi connectivity index (χ3v) is 3.07. The predicted molar refractivity (Wildman–Crippen MR) is 81.5 cm³/mol. The molecule has 0 heterocycles. The van der Waals surface area contributed by atoms with Crippen LogP contribution in [0.5, 0.6) is 0 Å². The number of ether oxygens (including phenoxy) is 1. The van der Waals surface area contributed by atoms with E-state index in [1.54, 1.807) is 0 Å². The van der Waals surface area contributed by atoms with Gasteiger partial charge in [0.1, 0.15) is 0 Å². The maximum absolute atomic E-state index is 12.8. The Hall–Kier alpha value is -3.34. The molecule has 0 aliphatic carbocycles. The first-order valence-corrected chi connectivity index (χ1v) is 6.94. The van der Waals surface area contributed by atoms with E-state index < -0.39 is 35.9 Å². The number of hydrogen-bond donors (Lipinski definition) is 1. The van der Waals surface area contributed by atoms with Gasteiger partial charge in [-0.2, -0.15) is 18.4 Å². The van der Waals surface area contributed by atoms with E-state index >= 15 is 0 Å². The Morgan fingerprint density at radius 3 is 2.52 bits per heavy atom. The Labute approximate surface area is 140 Å². The van der Waals surface area contributed by atoms with Crippen molar-refractivity contribution in [2.45, 2.75) is 6.18 Å².